The van der Waals surface area contributed by atoms with Crippen molar-refractivity contribution in [1.82, 2.24) is 0 Å². The number of ether oxygens (including phenoxy) is 1. The van der Waals surface area contributed by atoms with Gasteiger partial charge < -0.3 is 19.6 Å². The Bertz CT molecular complexity index is 985. The zero-order chi connectivity index (χ0) is 20.3. The van der Waals surface area contributed by atoms with Crippen LogP contribution < -0.4 is 4.74 Å². The van der Waals surface area contributed by atoms with Crippen molar-refractivity contribution < 1.29 is 33.0 Å². The first-order chi connectivity index (χ1) is 13.0. The maximum absolute atomic E-state index is 13.5. The van der Waals surface area contributed by atoms with E-state index in [-0.39, 0.29) is 18.1 Å². The smallest absolute Gasteiger partial charge is 0.362 e. The number of phenols is 1. The van der Waals surface area contributed by atoms with Gasteiger partial charge in [-0.1, -0.05) is 12.1 Å². The van der Waals surface area contributed by atoms with Gasteiger partial charge in [-0.15, -0.1) is 0 Å². The molecule has 2 aromatic carbocycles. The molecule has 1 saturated carbocycles. The molecule has 2 aliphatic carbocycles. The summed E-state index contributed by atoms with van der Waals surface area (Å²) in [6.45, 7) is 1.90. The molecule has 0 bridgehead atoms. The Morgan fingerprint density at radius 1 is 1.25 bits per heavy atom. The Kier molecular flexibility index (Phi) is 4.53. The highest BCUT2D eigenvalue weighted by Gasteiger charge is 2.58. The van der Waals surface area contributed by atoms with Crippen LogP contribution in [0.25, 0.3) is 0 Å². The second kappa shape index (κ2) is 6.55. The summed E-state index contributed by atoms with van der Waals surface area (Å²) in [6, 6.07) is 8.48. The number of phenolic OH excluding ortho intramolecular Hbond substituents is 1. The fraction of sp³-hybridized carbons (Fsp3) is 0.400. The van der Waals surface area contributed by atoms with Crippen LogP contribution in [-0.2, 0) is 11.0 Å². The Balaban J connectivity index is 1.63. The van der Waals surface area contributed by atoms with Crippen molar-refractivity contribution in [2.75, 3.05) is 6.35 Å². The van der Waals surface area contributed by atoms with Crippen LogP contribution in [0.1, 0.15) is 52.5 Å². The molecule has 4 rings (SSSR count). The van der Waals surface area contributed by atoms with Crippen LogP contribution in [0.2, 0.25) is 0 Å². The van der Waals surface area contributed by atoms with Crippen molar-refractivity contribution in [3.8, 4) is 11.5 Å². The molecule has 28 heavy (non-hydrogen) atoms. The van der Waals surface area contributed by atoms with Crippen molar-refractivity contribution in [2.24, 2.45) is 0 Å². The minimum absolute atomic E-state index is 0.0255. The summed E-state index contributed by atoms with van der Waals surface area (Å²) in [5, 5.41) is 10.0. The van der Waals surface area contributed by atoms with Crippen molar-refractivity contribution in [1.29, 1.82) is 0 Å². The van der Waals surface area contributed by atoms with Gasteiger partial charge in [0.15, 0.2) is 6.35 Å². The minimum atomic E-state index is -4.26. The standard InChI is InChI=1S/C20H21F2O5P/c1-11-6-14(27-10-28(24,25)26)7-13-2-4-15(19(11)13)12-3-5-18(23)16(8-12)17-9-20(17,21)22/h3,5-8,15,17,23H,2,4,9-10H2,1H3,(H2,24,25,26). The molecule has 0 spiro atoms. The highest BCUT2D eigenvalue weighted by molar-refractivity contribution is 7.51. The summed E-state index contributed by atoms with van der Waals surface area (Å²) in [5.41, 5.74) is 4.23. The van der Waals surface area contributed by atoms with E-state index < -0.39 is 25.8 Å². The highest BCUT2D eigenvalue weighted by atomic mass is 31.2. The predicted octanol–water partition coefficient (Wildman–Crippen LogP) is 4.42. The van der Waals surface area contributed by atoms with Crippen molar-refractivity contribution >= 4 is 7.60 Å². The Hall–Kier alpha value is -1.95. The molecular formula is C20H21F2O5P. The maximum atomic E-state index is 13.5. The molecular weight excluding hydrogens is 389 g/mol. The molecule has 1 fully saturated rings. The molecule has 2 unspecified atom stereocenters. The summed E-state index contributed by atoms with van der Waals surface area (Å²) in [4.78, 5) is 18.0. The number of aryl methyl sites for hydroxylation is 2. The molecule has 2 atom stereocenters. The Morgan fingerprint density at radius 3 is 2.61 bits per heavy atom. The lowest BCUT2D eigenvalue weighted by Gasteiger charge is -2.18. The third-order valence-electron chi connectivity index (χ3n) is 5.55. The van der Waals surface area contributed by atoms with Gasteiger partial charge in [0.05, 0.1) is 5.92 Å². The SMILES string of the molecule is Cc1cc(OCP(=O)(O)O)cc2c1C(c1ccc(O)c(C3CC3(F)F)c1)CC2. The van der Waals surface area contributed by atoms with Gasteiger partial charge in [0, 0.05) is 17.9 Å². The minimum Gasteiger partial charge on any atom is -0.508 e. The molecule has 0 aromatic heterocycles. The van der Waals surface area contributed by atoms with Gasteiger partial charge >= 0.3 is 7.60 Å². The molecule has 150 valence electrons. The maximum Gasteiger partial charge on any atom is 0.362 e. The molecule has 5 nitrogen and oxygen atoms in total. The average Bonchev–Trinajstić information content (AvgIpc) is 3.02. The van der Waals surface area contributed by atoms with Gasteiger partial charge in [-0.2, -0.15) is 0 Å². The van der Waals surface area contributed by atoms with E-state index in [1.807, 2.05) is 6.92 Å². The normalized spacial score (nSPS) is 22.8. The quantitative estimate of drug-likeness (QED) is 0.636. The van der Waals surface area contributed by atoms with Crippen LogP contribution in [0.3, 0.4) is 0 Å². The summed E-state index contributed by atoms with van der Waals surface area (Å²) in [6.07, 6.45) is 0.642. The third kappa shape index (κ3) is 3.66. The summed E-state index contributed by atoms with van der Waals surface area (Å²) in [7, 11) is -4.26. The van der Waals surface area contributed by atoms with Crippen molar-refractivity contribution in [3.05, 3.63) is 58.1 Å². The third-order valence-corrected chi connectivity index (χ3v) is 6.02. The first-order valence-electron chi connectivity index (χ1n) is 9.06. The average molecular weight is 410 g/mol. The predicted molar refractivity (Wildman–Crippen MR) is 99.3 cm³/mol. The van der Waals surface area contributed by atoms with Gasteiger partial charge in [-0.3, -0.25) is 4.57 Å². The van der Waals surface area contributed by atoms with Gasteiger partial charge in [-0.25, -0.2) is 8.78 Å². The molecule has 3 N–H and O–H groups in total. The van der Waals surface area contributed by atoms with Gasteiger partial charge in [0.2, 0.25) is 0 Å². The van der Waals surface area contributed by atoms with Crippen LogP contribution in [0.4, 0.5) is 8.78 Å². The second-order valence-electron chi connectivity index (χ2n) is 7.68. The van der Waals surface area contributed by atoms with E-state index in [1.165, 1.54) is 6.07 Å². The topological polar surface area (TPSA) is 87.0 Å². The number of hydrogen-bond donors (Lipinski definition) is 3. The number of rotatable bonds is 5. The molecule has 0 saturated heterocycles. The van der Waals surface area contributed by atoms with Crippen molar-refractivity contribution in [3.63, 3.8) is 0 Å². The van der Waals surface area contributed by atoms with Gasteiger partial charge in [-0.05, 0) is 60.2 Å². The monoisotopic (exact) mass is 410 g/mol. The summed E-state index contributed by atoms with van der Waals surface area (Å²) in [5.74, 6) is -3.33. The lowest BCUT2D eigenvalue weighted by Crippen LogP contribution is -2.03. The Labute approximate surface area is 161 Å². The fourth-order valence-electron chi connectivity index (χ4n) is 4.18. The zero-order valence-corrected chi connectivity index (χ0v) is 16.1. The van der Waals surface area contributed by atoms with Crippen LogP contribution in [0.15, 0.2) is 30.3 Å². The molecule has 8 heteroatoms. The number of alkyl halides is 2. The fourth-order valence-corrected chi connectivity index (χ4v) is 4.50. The second-order valence-corrected chi connectivity index (χ2v) is 9.27. The van der Waals surface area contributed by atoms with Crippen LogP contribution in [-0.4, -0.2) is 27.2 Å². The van der Waals surface area contributed by atoms with E-state index in [2.05, 4.69) is 0 Å². The first kappa shape index (κ1) is 19.4. The van der Waals surface area contributed by atoms with E-state index >= 15 is 0 Å². The van der Waals surface area contributed by atoms with E-state index in [9.17, 15) is 18.5 Å². The Morgan fingerprint density at radius 2 is 1.96 bits per heavy atom. The van der Waals surface area contributed by atoms with E-state index in [4.69, 9.17) is 14.5 Å². The lowest BCUT2D eigenvalue weighted by atomic mass is 9.88. The van der Waals surface area contributed by atoms with Crippen LogP contribution >= 0.6 is 7.60 Å². The molecule has 0 aliphatic heterocycles. The summed E-state index contributed by atoms with van der Waals surface area (Å²) < 4.78 is 43.2. The number of aromatic hydroxyl groups is 1. The van der Waals surface area contributed by atoms with E-state index in [0.29, 0.717) is 11.3 Å². The van der Waals surface area contributed by atoms with Crippen LogP contribution in [0.5, 0.6) is 11.5 Å². The van der Waals surface area contributed by atoms with Gasteiger partial charge in [0.1, 0.15) is 11.5 Å². The number of halogens is 2. The molecule has 0 heterocycles. The van der Waals surface area contributed by atoms with E-state index in [0.717, 1.165) is 35.1 Å². The number of hydrogen-bond acceptors (Lipinski definition) is 3. The zero-order valence-electron chi connectivity index (χ0n) is 15.2. The first-order valence-corrected chi connectivity index (χ1v) is 10.9. The molecule has 0 radical (unpaired) electrons. The van der Waals surface area contributed by atoms with E-state index in [1.54, 1.807) is 24.3 Å². The van der Waals surface area contributed by atoms with Crippen LogP contribution in [0, 0.1) is 6.92 Å². The van der Waals surface area contributed by atoms with Gasteiger partial charge in [0.25, 0.3) is 5.92 Å². The largest absolute Gasteiger partial charge is 0.508 e. The number of benzene rings is 2. The number of fused-ring (bicyclic) bond motifs is 1. The van der Waals surface area contributed by atoms with Crippen molar-refractivity contribution in [2.45, 2.75) is 43.9 Å². The molecule has 0 amide bonds. The molecule has 2 aliphatic rings. The molecule has 2 aromatic rings. The summed E-state index contributed by atoms with van der Waals surface area (Å²) >= 11 is 0. The highest BCUT2D eigenvalue weighted by Crippen LogP contribution is 2.58. The lowest BCUT2D eigenvalue weighted by molar-refractivity contribution is 0.111.